The maximum Gasteiger partial charge on any atom is 0.0701 e. The first-order chi connectivity index (χ1) is 8.88. The Morgan fingerprint density at radius 2 is 1.83 bits per heavy atom. The Bertz CT molecular complexity index is 550. The summed E-state index contributed by atoms with van der Waals surface area (Å²) in [5, 5.41) is 12.9. The van der Waals surface area contributed by atoms with Crippen molar-refractivity contribution in [2.24, 2.45) is 0 Å². The molecule has 92 valence electrons. The topological polar surface area (TPSA) is 32.3 Å². The third-order valence-corrected chi connectivity index (χ3v) is 3.65. The number of fused-ring (bicyclic) bond motifs is 1. The van der Waals surface area contributed by atoms with Gasteiger partial charge in [0.15, 0.2) is 0 Å². The molecule has 1 aliphatic rings. The van der Waals surface area contributed by atoms with Gasteiger partial charge in [0.2, 0.25) is 0 Å². The van der Waals surface area contributed by atoms with Crippen molar-refractivity contribution in [1.82, 2.24) is 0 Å². The van der Waals surface area contributed by atoms with E-state index in [4.69, 9.17) is 0 Å². The minimum absolute atomic E-state index is 0.0809. The summed E-state index contributed by atoms with van der Waals surface area (Å²) >= 11 is 0. The SMILES string of the molecule is OCc1ccccc1NC1CCc2ccccc21. The van der Waals surface area contributed by atoms with Crippen LogP contribution < -0.4 is 5.32 Å². The van der Waals surface area contributed by atoms with Crippen molar-refractivity contribution in [3.63, 3.8) is 0 Å². The van der Waals surface area contributed by atoms with E-state index in [9.17, 15) is 5.11 Å². The first-order valence-electron chi connectivity index (χ1n) is 6.41. The van der Waals surface area contributed by atoms with E-state index in [1.54, 1.807) is 0 Å². The Labute approximate surface area is 107 Å². The third kappa shape index (κ3) is 2.00. The van der Waals surface area contributed by atoms with Crippen LogP contribution in [0.5, 0.6) is 0 Å². The Morgan fingerprint density at radius 3 is 2.72 bits per heavy atom. The lowest BCUT2D eigenvalue weighted by Crippen LogP contribution is -2.08. The molecule has 18 heavy (non-hydrogen) atoms. The molecule has 2 heteroatoms. The first-order valence-corrected chi connectivity index (χ1v) is 6.41. The number of hydrogen-bond acceptors (Lipinski definition) is 2. The number of aliphatic hydroxyl groups is 1. The van der Waals surface area contributed by atoms with Gasteiger partial charge in [-0.05, 0) is 30.0 Å². The van der Waals surface area contributed by atoms with Gasteiger partial charge in [-0.3, -0.25) is 0 Å². The number of aliphatic hydroxyl groups excluding tert-OH is 1. The minimum atomic E-state index is 0.0809. The van der Waals surface area contributed by atoms with Gasteiger partial charge in [-0.1, -0.05) is 42.5 Å². The van der Waals surface area contributed by atoms with E-state index < -0.39 is 0 Å². The molecule has 1 unspecified atom stereocenters. The lowest BCUT2D eigenvalue weighted by Gasteiger charge is -2.17. The fourth-order valence-electron chi connectivity index (χ4n) is 2.69. The van der Waals surface area contributed by atoms with Crippen molar-refractivity contribution in [3.8, 4) is 0 Å². The molecule has 1 aliphatic carbocycles. The van der Waals surface area contributed by atoms with Gasteiger partial charge >= 0.3 is 0 Å². The van der Waals surface area contributed by atoms with E-state index in [0.717, 1.165) is 24.1 Å². The summed E-state index contributed by atoms with van der Waals surface area (Å²) in [7, 11) is 0. The highest BCUT2D eigenvalue weighted by molar-refractivity contribution is 5.53. The molecule has 0 aromatic heterocycles. The summed E-state index contributed by atoms with van der Waals surface area (Å²) in [5.41, 5.74) is 4.84. The molecule has 0 saturated carbocycles. The van der Waals surface area contributed by atoms with Crippen LogP contribution in [0.1, 0.15) is 29.2 Å². The normalized spacial score (nSPS) is 17.5. The molecule has 0 amide bonds. The van der Waals surface area contributed by atoms with Crippen molar-refractivity contribution in [1.29, 1.82) is 0 Å². The molecule has 0 fully saturated rings. The monoisotopic (exact) mass is 239 g/mol. The smallest absolute Gasteiger partial charge is 0.0701 e. The van der Waals surface area contributed by atoms with E-state index in [1.165, 1.54) is 11.1 Å². The van der Waals surface area contributed by atoms with Gasteiger partial charge in [0.25, 0.3) is 0 Å². The summed E-state index contributed by atoms with van der Waals surface area (Å²) in [6.07, 6.45) is 2.26. The standard InChI is InChI=1S/C16H17NO/c18-11-13-6-2-4-8-15(13)17-16-10-9-12-5-1-3-7-14(12)16/h1-8,16-18H,9-11H2. The molecular weight excluding hydrogens is 222 g/mol. The van der Waals surface area contributed by atoms with Gasteiger partial charge in [-0.25, -0.2) is 0 Å². The van der Waals surface area contributed by atoms with Crippen molar-refractivity contribution in [2.45, 2.75) is 25.5 Å². The average molecular weight is 239 g/mol. The van der Waals surface area contributed by atoms with E-state index in [-0.39, 0.29) is 6.61 Å². The minimum Gasteiger partial charge on any atom is -0.392 e. The summed E-state index contributed by atoms with van der Waals surface area (Å²) < 4.78 is 0. The second kappa shape index (κ2) is 4.83. The predicted molar refractivity (Wildman–Crippen MR) is 73.5 cm³/mol. The van der Waals surface area contributed by atoms with Crippen molar-refractivity contribution in [2.75, 3.05) is 5.32 Å². The van der Waals surface area contributed by atoms with Crippen LogP contribution >= 0.6 is 0 Å². The van der Waals surface area contributed by atoms with Crippen LogP contribution in [0.3, 0.4) is 0 Å². The molecule has 0 radical (unpaired) electrons. The third-order valence-electron chi connectivity index (χ3n) is 3.65. The zero-order chi connectivity index (χ0) is 12.4. The van der Waals surface area contributed by atoms with Crippen LogP contribution in [-0.2, 0) is 13.0 Å². The maximum atomic E-state index is 9.35. The number of nitrogens with one attached hydrogen (secondary N) is 1. The number of anilines is 1. The quantitative estimate of drug-likeness (QED) is 0.861. The highest BCUT2D eigenvalue weighted by Gasteiger charge is 2.21. The lowest BCUT2D eigenvalue weighted by atomic mass is 10.1. The Morgan fingerprint density at radius 1 is 1.06 bits per heavy atom. The van der Waals surface area contributed by atoms with Crippen LogP contribution in [0.2, 0.25) is 0 Å². The molecule has 1 atom stereocenters. The van der Waals surface area contributed by atoms with Crippen LogP contribution in [0.15, 0.2) is 48.5 Å². The number of para-hydroxylation sites is 1. The largest absolute Gasteiger partial charge is 0.392 e. The second-order valence-electron chi connectivity index (χ2n) is 4.75. The van der Waals surface area contributed by atoms with Gasteiger partial charge in [0.05, 0.1) is 12.6 Å². The van der Waals surface area contributed by atoms with Crippen LogP contribution in [0.25, 0.3) is 0 Å². The molecule has 0 bridgehead atoms. The summed E-state index contributed by atoms with van der Waals surface area (Å²) in [4.78, 5) is 0. The van der Waals surface area contributed by atoms with Gasteiger partial charge in [-0.15, -0.1) is 0 Å². The van der Waals surface area contributed by atoms with E-state index in [1.807, 2.05) is 24.3 Å². The van der Waals surface area contributed by atoms with Crippen molar-refractivity contribution < 1.29 is 5.11 Å². The second-order valence-corrected chi connectivity index (χ2v) is 4.75. The molecule has 0 aliphatic heterocycles. The molecule has 2 nitrogen and oxygen atoms in total. The molecule has 0 saturated heterocycles. The van der Waals surface area contributed by atoms with Gasteiger partial charge in [-0.2, -0.15) is 0 Å². The highest BCUT2D eigenvalue weighted by atomic mass is 16.3. The average Bonchev–Trinajstić information content (AvgIpc) is 2.83. The predicted octanol–water partition coefficient (Wildman–Crippen LogP) is 3.28. The first kappa shape index (κ1) is 11.3. The number of hydrogen-bond donors (Lipinski definition) is 2. The lowest BCUT2D eigenvalue weighted by molar-refractivity contribution is 0.282. The Kier molecular flexibility index (Phi) is 3.03. The molecule has 3 rings (SSSR count). The van der Waals surface area contributed by atoms with Crippen LogP contribution in [0.4, 0.5) is 5.69 Å². The summed E-state index contributed by atoms with van der Waals surface area (Å²) in [6, 6.07) is 16.9. The van der Waals surface area contributed by atoms with Crippen LogP contribution in [0, 0.1) is 0 Å². The van der Waals surface area contributed by atoms with Crippen molar-refractivity contribution >= 4 is 5.69 Å². The fraction of sp³-hybridized carbons (Fsp3) is 0.250. The number of rotatable bonds is 3. The maximum absolute atomic E-state index is 9.35. The molecule has 0 heterocycles. The molecule has 2 N–H and O–H groups in total. The summed E-state index contributed by atoms with van der Waals surface area (Å²) in [5.74, 6) is 0. The van der Waals surface area contributed by atoms with E-state index in [2.05, 4.69) is 29.6 Å². The zero-order valence-electron chi connectivity index (χ0n) is 10.3. The molecule has 0 spiro atoms. The van der Waals surface area contributed by atoms with E-state index in [0.29, 0.717) is 6.04 Å². The van der Waals surface area contributed by atoms with E-state index >= 15 is 0 Å². The fourth-order valence-corrected chi connectivity index (χ4v) is 2.69. The van der Waals surface area contributed by atoms with Gasteiger partial charge in [0, 0.05) is 11.3 Å². The molecular formula is C16H17NO. The molecule has 2 aromatic rings. The zero-order valence-corrected chi connectivity index (χ0v) is 10.3. The summed E-state index contributed by atoms with van der Waals surface area (Å²) in [6.45, 7) is 0.0809. The van der Waals surface area contributed by atoms with Gasteiger partial charge < -0.3 is 10.4 Å². The molecule has 2 aromatic carbocycles. The number of aryl methyl sites for hydroxylation is 1. The Hall–Kier alpha value is -1.80. The van der Waals surface area contributed by atoms with Crippen LogP contribution in [-0.4, -0.2) is 5.11 Å². The van der Waals surface area contributed by atoms with Crippen molar-refractivity contribution in [3.05, 3.63) is 65.2 Å². The Balaban J connectivity index is 1.86. The van der Waals surface area contributed by atoms with Gasteiger partial charge in [0.1, 0.15) is 0 Å². The highest BCUT2D eigenvalue weighted by Crippen LogP contribution is 2.34. The number of benzene rings is 2.